The van der Waals surface area contributed by atoms with Crippen LogP contribution in [0.25, 0.3) is 93.5 Å². The summed E-state index contributed by atoms with van der Waals surface area (Å²) < 4.78 is 7.16. The summed E-state index contributed by atoms with van der Waals surface area (Å²) in [5.74, 6) is 0. The number of fused-ring (bicyclic) bond motifs is 10. The van der Waals surface area contributed by atoms with Crippen molar-refractivity contribution in [2.75, 3.05) is 0 Å². The van der Waals surface area contributed by atoms with E-state index in [9.17, 15) is 0 Å². The zero-order valence-corrected chi connectivity index (χ0v) is 27.7. The molecule has 238 valence electrons. The van der Waals surface area contributed by atoms with Gasteiger partial charge in [-0.25, -0.2) is 0 Å². The second-order valence-corrected chi connectivity index (χ2v) is 13.4. The standard InChI is InChI=1S/C48H31N3/c1-3-13-36(14-4-1)49-29-28-33-23-22-32-24-27-45-47(46(32)48(33)49)40-19-8-10-21-43(40)51(45)38-17-11-12-34(30-38)35-25-26-44-41(31-35)39-18-7-9-20-42(39)50(44)37-15-5-2-6-16-37/h1-31H. The second kappa shape index (κ2) is 10.8. The summed E-state index contributed by atoms with van der Waals surface area (Å²) in [4.78, 5) is 0. The number of para-hydroxylation sites is 4. The molecule has 0 aliphatic carbocycles. The lowest BCUT2D eigenvalue weighted by atomic mass is 10.0. The van der Waals surface area contributed by atoms with E-state index in [-0.39, 0.29) is 0 Å². The number of hydrogen-bond donors (Lipinski definition) is 0. The Bertz CT molecular complexity index is 3120. The highest BCUT2D eigenvalue weighted by Gasteiger charge is 2.19. The lowest BCUT2D eigenvalue weighted by Gasteiger charge is -2.12. The number of nitrogens with zero attached hydrogens (tertiary/aromatic N) is 3. The lowest BCUT2D eigenvalue weighted by Crippen LogP contribution is -1.95. The molecule has 0 amide bonds. The van der Waals surface area contributed by atoms with Gasteiger partial charge in [0.05, 0.1) is 27.6 Å². The minimum atomic E-state index is 1.15. The summed E-state index contributed by atoms with van der Waals surface area (Å²) in [6.07, 6.45) is 2.20. The summed E-state index contributed by atoms with van der Waals surface area (Å²) in [6.45, 7) is 0. The van der Waals surface area contributed by atoms with Gasteiger partial charge in [-0.3, -0.25) is 0 Å². The minimum Gasteiger partial charge on any atom is -0.316 e. The number of hydrogen-bond acceptors (Lipinski definition) is 0. The third-order valence-electron chi connectivity index (χ3n) is 10.6. The van der Waals surface area contributed by atoms with Gasteiger partial charge in [0.25, 0.3) is 0 Å². The van der Waals surface area contributed by atoms with Crippen LogP contribution < -0.4 is 0 Å². The van der Waals surface area contributed by atoms with Crippen molar-refractivity contribution in [3.63, 3.8) is 0 Å². The predicted molar refractivity (Wildman–Crippen MR) is 215 cm³/mol. The van der Waals surface area contributed by atoms with Crippen molar-refractivity contribution in [2.24, 2.45) is 0 Å². The van der Waals surface area contributed by atoms with Crippen molar-refractivity contribution in [1.29, 1.82) is 0 Å². The molecule has 0 fully saturated rings. The first-order chi connectivity index (χ1) is 25.3. The molecule has 3 nitrogen and oxygen atoms in total. The van der Waals surface area contributed by atoms with E-state index in [1.165, 1.54) is 82.1 Å². The van der Waals surface area contributed by atoms with Crippen molar-refractivity contribution in [3.8, 4) is 28.2 Å². The smallest absolute Gasteiger partial charge is 0.0613 e. The highest BCUT2D eigenvalue weighted by atomic mass is 15.0. The summed E-state index contributed by atoms with van der Waals surface area (Å²) in [6, 6.07) is 66.2. The summed E-state index contributed by atoms with van der Waals surface area (Å²) >= 11 is 0. The maximum Gasteiger partial charge on any atom is 0.0613 e. The van der Waals surface area contributed by atoms with Crippen LogP contribution in [0.1, 0.15) is 0 Å². The molecule has 8 aromatic carbocycles. The van der Waals surface area contributed by atoms with E-state index >= 15 is 0 Å². The SMILES string of the molecule is c1ccc(-n2ccc3ccc4ccc5c(c6ccccc6n5-c5cccc(-c6ccc7c(c6)c6ccccc6n7-c6ccccc6)c5)c4c32)cc1. The number of aromatic nitrogens is 3. The molecular formula is C48H31N3. The molecule has 3 aromatic heterocycles. The quantitative estimate of drug-likeness (QED) is 0.180. The highest BCUT2D eigenvalue weighted by molar-refractivity contribution is 6.28. The van der Waals surface area contributed by atoms with Crippen LogP contribution >= 0.6 is 0 Å². The first-order valence-electron chi connectivity index (χ1n) is 17.5. The Hall–Kier alpha value is -6.84. The molecule has 0 unspecified atom stereocenters. The van der Waals surface area contributed by atoms with Gasteiger partial charge in [0.1, 0.15) is 0 Å². The van der Waals surface area contributed by atoms with Crippen LogP contribution in [0.5, 0.6) is 0 Å². The molecule has 0 atom stereocenters. The Balaban J connectivity index is 1.14. The van der Waals surface area contributed by atoms with E-state index in [4.69, 9.17) is 0 Å². The van der Waals surface area contributed by atoms with Gasteiger partial charge in [0.15, 0.2) is 0 Å². The average Bonchev–Trinajstić information content (AvgIpc) is 3.89. The maximum atomic E-state index is 2.45. The number of benzene rings is 8. The van der Waals surface area contributed by atoms with Crippen LogP contribution in [-0.4, -0.2) is 13.7 Å². The minimum absolute atomic E-state index is 1.15. The summed E-state index contributed by atoms with van der Waals surface area (Å²) in [7, 11) is 0. The summed E-state index contributed by atoms with van der Waals surface area (Å²) in [5.41, 5.74) is 12.0. The molecule has 0 saturated carbocycles. The van der Waals surface area contributed by atoms with Crippen molar-refractivity contribution in [3.05, 3.63) is 188 Å². The molecule has 11 rings (SSSR count). The van der Waals surface area contributed by atoms with Crippen molar-refractivity contribution < 1.29 is 0 Å². The maximum absolute atomic E-state index is 2.45. The Morgan fingerprint density at radius 2 is 0.902 bits per heavy atom. The van der Waals surface area contributed by atoms with Crippen LogP contribution in [0.4, 0.5) is 0 Å². The fourth-order valence-electron chi connectivity index (χ4n) is 8.41. The van der Waals surface area contributed by atoms with E-state index in [1.54, 1.807) is 0 Å². The van der Waals surface area contributed by atoms with Gasteiger partial charge in [-0.2, -0.15) is 0 Å². The van der Waals surface area contributed by atoms with Crippen LogP contribution in [0, 0.1) is 0 Å². The molecular weight excluding hydrogens is 619 g/mol. The Morgan fingerprint density at radius 3 is 1.73 bits per heavy atom. The first-order valence-corrected chi connectivity index (χ1v) is 17.5. The third-order valence-corrected chi connectivity index (χ3v) is 10.6. The van der Waals surface area contributed by atoms with Gasteiger partial charge in [-0.05, 0) is 89.3 Å². The molecule has 0 spiro atoms. The normalized spacial score (nSPS) is 11.9. The molecule has 0 radical (unpaired) electrons. The third kappa shape index (κ3) is 4.12. The fourth-order valence-corrected chi connectivity index (χ4v) is 8.41. The molecule has 3 heterocycles. The van der Waals surface area contributed by atoms with Crippen LogP contribution in [0.15, 0.2) is 188 Å². The van der Waals surface area contributed by atoms with Crippen LogP contribution in [0.2, 0.25) is 0 Å². The van der Waals surface area contributed by atoms with Gasteiger partial charge in [-0.15, -0.1) is 0 Å². The number of rotatable bonds is 4. The molecule has 3 heteroatoms. The van der Waals surface area contributed by atoms with E-state index in [1.807, 2.05) is 0 Å². The highest BCUT2D eigenvalue weighted by Crippen LogP contribution is 2.41. The van der Waals surface area contributed by atoms with Gasteiger partial charge in [0.2, 0.25) is 0 Å². The lowest BCUT2D eigenvalue weighted by molar-refractivity contribution is 1.13. The average molecular weight is 650 g/mol. The molecule has 0 aliphatic heterocycles. The largest absolute Gasteiger partial charge is 0.316 e. The van der Waals surface area contributed by atoms with E-state index in [0.717, 1.165) is 11.4 Å². The van der Waals surface area contributed by atoms with Crippen molar-refractivity contribution >= 4 is 65.3 Å². The molecule has 0 aliphatic rings. The fraction of sp³-hybridized carbons (Fsp3) is 0. The molecule has 0 N–H and O–H groups in total. The monoisotopic (exact) mass is 649 g/mol. The second-order valence-electron chi connectivity index (χ2n) is 13.4. The molecule has 0 bridgehead atoms. The topological polar surface area (TPSA) is 14.8 Å². The Morgan fingerprint density at radius 1 is 0.314 bits per heavy atom. The van der Waals surface area contributed by atoms with Crippen molar-refractivity contribution in [1.82, 2.24) is 13.7 Å². The Kier molecular flexibility index (Phi) is 5.96. The van der Waals surface area contributed by atoms with E-state index < -0.39 is 0 Å². The van der Waals surface area contributed by atoms with Crippen molar-refractivity contribution in [2.45, 2.75) is 0 Å². The van der Waals surface area contributed by atoms with Gasteiger partial charge >= 0.3 is 0 Å². The molecule has 0 saturated heterocycles. The molecule has 51 heavy (non-hydrogen) atoms. The zero-order valence-electron chi connectivity index (χ0n) is 27.7. The zero-order chi connectivity index (χ0) is 33.5. The Labute approximate surface area is 294 Å². The van der Waals surface area contributed by atoms with Crippen LogP contribution in [0.3, 0.4) is 0 Å². The first kappa shape index (κ1) is 28.0. The van der Waals surface area contributed by atoms with Crippen LogP contribution in [-0.2, 0) is 0 Å². The van der Waals surface area contributed by atoms with Gasteiger partial charge in [0, 0.05) is 55.6 Å². The predicted octanol–water partition coefficient (Wildman–Crippen LogP) is 12.6. The van der Waals surface area contributed by atoms with Gasteiger partial charge in [-0.1, -0.05) is 109 Å². The van der Waals surface area contributed by atoms with Gasteiger partial charge < -0.3 is 13.7 Å². The van der Waals surface area contributed by atoms with E-state index in [0.29, 0.717) is 0 Å². The summed E-state index contributed by atoms with van der Waals surface area (Å²) in [5, 5.41) is 8.82. The van der Waals surface area contributed by atoms with E-state index in [2.05, 4.69) is 202 Å². The molecule has 11 aromatic rings.